The Morgan fingerprint density at radius 1 is 1.12 bits per heavy atom. The van der Waals surface area contributed by atoms with Crippen LogP contribution in [-0.2, 0) is 12.7 Å². The van der Waals surface area contributed by atoms with Crippen LogP contribution in [0.3, 0.4) is 0 Å². The average molecular weight is 466 g/mol. The highest BCUT2D eigenvalue weighted by Gasteiger charge is 2.31. The molecule has 168 valence electrons. The fraction of sp³-hybridized carbons (Fsp3) is 0.286. The van der Waals surface area contributed by atoms with Gasteiger partial charge in [-0.05, 0) is 30.3 Å². The molecule has 0 saturated carbocycles. The van der Waals surface area contributed by atoms with Crippen molar-refractivity contribution in [1.82, 2.24) is 19.8 Å². The first kappa shape index (κ1) is 22.1. The second-order valence-corrected chi connectivity index (χ2v) is 7.82. The fourth-order valence-electron chi connectivity index (χ4n) is 3.52. The molecule has 0 aliphatic carbocycles. The van der Waals surface area contributed by atoms with Gasteiger partial charge in [0.05, 0.1) is 33.7 Å². The summed E-state index contributed by atoms with van der Waals surface area (Å²) in [6, 6.07) is 9.33. The largest absolute Gasteiger partial charge is 0.416 e. The molecule has 2 N–H and O–H groups in total. The Balaban J connectivity index is 1.37. The minimum Gasteiger partial charge on any atom is -0.322 e. The molecule has 1 aromatic heterocycles. The van der Waals surface area contributed by atoms with Crippen molar-refractivity contribution in [3.63, 3.8) is 0 Å². The van der Waals surface area contributed by atoms with Gasteiger partial charge in [0.15, 0.2) is 0 Å². The maximum absolute atomic E-state index is 12.9. The lowest BCUT2D eigenvalue weighted by Gasteiger charge is -2.34. The van der Waals surface area contributed by atoms with E-state index >= 15 is 0 Å². The first-order valence-electron chi connectivity index (χ1n) is 9.84. The number of carbonyl (C=O) groups excluding carboxylic acids is 1. The normalized spacial score (nSPS) is 15.2. The van der Waals surface area contributed by atoms with Crippen molar-refractivity contribution in [3.05, 3.63) is 69.2 Å². The van der Waals surface area contributed by atoms with Crippen LogP contribution in [0.5, 0.6) is 0 Å². The highest BCUT2D eigenvalue weighted by atomic mass is 35.5. The van der Waals surface area contributed by atoms with Gasteiger partial charge in [-0.25, -0.2) is 9.78 Å². The van der Waals surface area contributed by atoms with Gasteiger partial charge in [0.2, 0.25) is 0 Å². The zero-order valence-corrected chi connectivity index (χ0v) is 17.5. The maximum atomic E-state index is 12.9. The third kappa shape index (κ3) is 4.86. The predicted molar refractivity (Wildman–Crippen MR) is 115 cm³/mol. The first-order chi connectivity index (χ1) is 15.2. The SMILES string of the molecule is O=C(Nc1cc(C(F)(F)F)ccc1Cl)N1CCN(Cc2nc3ccccc3c(=O)[nH]2)CC1. The molecule has 1 saturated heterocycles. The summed E-state index contributed by atoms with van der Waals surface area (Å²) in [7, 11) is 0. The van der Waals surface area contributed by atoms with E-state index in [1.54, 1.807) is 18.2 Å². The molecular formula is C21H19ClF3N5O2. The summed E-state index contributed by atoms with van der Waals surface area (Å²) in [5.74, 6) is 0.530. The zero-order valence-electron chi connectivity index (χ0n) is 16.7. The molecule has 0 unspecified atom stereocenters. The number of halogens is 4. The number of hydrogen-bond donors (Lipinski definition) is 2. The molecule has 0 radical (unpaired) electrons. The van der Waals surface area contributed by atoms with E-state index in [4.69, 9.17) is 11.6 Å². The van der Waals surface area contributed by atoms with Gasteiger partial charge in [0.25, 0.3) is 5.56 Å². The average Bonchev–Trinajstić information content (AvgIpc) is 2.75. The molecule has 1 fully saturated rings. The number of fused-ring (bicyclic) bond motifs is 1. The number of nitrogens with zero attached hydrogens (tertiary/aromatic N) is 3. The molecule has 2 aromatic carbocycles. The predicted octanol–water partition coefficient (Wildman–Crippen LogP) is 3.95. The quantitative estimate of drug-likeness (QED) is 0.614. The molecule has 0 spiro atoms. The molecule has 3 aromatic rings. The number of piperazine rings is 1. The number of H-pyrrole nitrogens is 1. The number of anilines is 1. The molecule has 2 amide bonds. The molecule has 0 atom stereocenters. The number of amides is 2. The molecule has 2 heterocycles. The Bertz CT molecular complexity index is 1210. The number of hydrogen-bond acceptors (Lipinski definition) is 4. The molecule has 32 heavy (non-hydrogen) atoms. The Morgan fingerprint density at radius 2 is 1.84 bits per heavy atom. The minimum absolute atomic E-state index is 0.0244. The van der Waals surface area contributed by atoms with Crippen molar-refractivity contribution >= 4 is 34.2 Å². The number of para-hydroxylation sites is 1. The van der Waals surface area contributed by atoms with E-state index < -0.39 is 17.8 Å². The highest BCUT2D eigenvalue weighted by Crippen LogP contribution is 2.34. The van der Waals surface area contributed by atoms with Crippen molar-refractivity contribution in [2.45, 2.75) is 12.7 Å². The number of urea groups is 1. The van der Waals surface area contributed by atoms with E-state index in [0.717, 1.165) is 18.2 Å². The van der Waals surface area contributed by atoms with Crippen LogP contribution in [0.1, 0.15) is 11.4 Å². The van der Waals surface area contributed by atoms with E-state index in [0.29, 0.717) is 49.5 Å². The fourth-order valence-corrected chi connectivity index (χ4v) is 3.69. The maximum Gasteiger partial charge on any atom is 0.416 e. The van der Waals surface area contributed by atoms with Crippen LogP contribution in [0.25, 0.3) is 10.9 Å². The van der Waals surface area contributed by atoms with Crippen molar-refractivity contribution in [3.8, 4) is 0 Å². The molecule has 1 aliphatic heterocycles. The molecule has 0 bridgehead atoms. The van der Waals surface area contributed by atoms with Crippen LogP contribution in [0, 0.1) is 0 Å². The first-order valence-corrected chi connectivity index (χ1v) is 10.2. The van der Waals surface area contributed by atoms with Crippen LogP contribution < -0.4 is 10.9 Å². The van der Waals surface area contributed by atoms with Gasteiger partial charge < -0.3 is 15.2 Å². The van der Waals surface area contributed by atoms with E-state index in [1.807, 2.05) is 11.0 Å². The van der Waals surface area contributed by atoms with Crippen LogP contribution in [0.4, 0.5) is 23.7 Å². The third-order valence-corrected chi connectivity index (χ3v) is 5.56. The van der Waals surface area contributed by atoms with Gasteiger partial charge in [-0.15, -0.1) is 0 Å². The van der Waals surface area contributed by atoms with E-state index in [1.165, 1.54) is 4.90 Å². The van der Waals surface area contributed by atoms with Crippen LogP contribution in [0.2, 0.25) is 5.02 Å². The highest BCUT2D eigenvalue weighted by molar-refractivity contribution is 6.33. The molecule has 11 heteroatoms. The molecular weight excluding hydrogens is 447 g/mol. The summed E-state index contributed by atoms with van der Waals surface area (Å²) in [5, 5.41) is 3.01. The summed E-state index contributed by atoms with van der Waals surface area (Å²) in [5.41, 5.74) is -0.574. The molecule has 4 rings (SSSR count). The van der Waals surface area contributed by atoms with Crippen molar-refractivity contribution < 1.29 is 18.0 Å². The number of aromatic amines is 1. The second-order valence-electron chi connectivity index (χ2n) is 7.42. The Hall–Kier alpha value is -3.11. The number of benzene rings is 2. The standard InChI is InChI=1S/C21H19ClF3N5O2/c22-15-6-5-13(21(23,24)25)11-17(15)27-20(32)30-9-7-29(8-10-30)12-18-26-16-4-2-1-3-14(16)19(31)28-18/h1-6,11H,7-10,12H2,(H,27,32)(H,26,28,31). The van der Waals surface area contributed by atoms with Crippen LogP contribution in [-0.4, -0.2) is 52.0 Å². The summed E-state index contributed by atoms with van der Waals surface area (Å²) < 4.78 is 38.8. The monoisotopic (exact) mass is 465 g/mol. The lowest BCUT2D eigenvalue weighted by Crippen LogP contribution is -2.49. The van der Waals surface area contributed by atoms with Gasteiger partial charge in [-0.3, -0.25) is 9.69 Å². The van der Waals surface area contributed by atoms with Gasteiger partial charge in [-0.2, -0.15) is 13.2 Å². The number of aromatic nitrogens is 2. The van der Waals surface area contributed by atoms with Crippen LogP contribution in [0.15, 0.2) is 47.3 Å². The lowest BCUT2D eigenvalue weighted by molar-refractivity contribution is -0.137. The Labute approximate surface area is 185 Å². The smallest absolute Gasteiger partial charge is 0.322 e. The van der Waals surface area contributed by atoms with Crippen molar-refractivity contribution in [2.24, 2.45) is 0 Å². The van der Waals surface area contributed by atoms with Crippen LogP contribution >= 0.6 is 11.6 Å². The molecule has 1 aliphatic rings. The van der Waals surface area contributed by atoms with Gasteiger partial charge in [-0.1, -0.05) is 23.7 Å². The third-order valence-electron chi connectivity index (χ3n) is 5.23. The minimum atomic E-state index is -4.53. The van der Waals surface area contributed by atoms with E-state index in [-0.39, 0.29) is 16.3 Å². The number of alkyl halides is 3. The van der Waals surface area contributed by atoms with Crippen molar-refractivity contribution in [1.29, 1.82) is 0 Å². The Morgan fingerprint density at radius 3 is 2.56 bits per heavy atom. The summed E-state index contributed by atoms with van der Waals surface area (Å²) in [6.45, 7) is 2.16. The summed E-state index contributed by atoms with van der Waals surface area (Å²) >= 11 is 5.95. The van der Waals surface area contributed by atoms with Gasteiger partial charge in [0.1, 0.15) is 5.82 Å². The summed E-state index contributed by atoms with van der Waals surface area (Å²) in [4.78, 5) is 35.5. The van der Waals surface area contributed by atoms with Gasteiger partial charge >= 0.3 is 12.2 Å². The Kier molecular flexibility index (Phi) is 6.07. The van der Waals surface area contributed by atoms with Gasteiger partial charge in [0, 0.05) is 26.2 Å². The number of rotatable bonds is 3. The number of nitrogens with one attached hydrogen (secondary N) is 2. The van der Waals surface area contributed by atoms with Crippen molar-refractivity contribution in [2.75, 3.05) is 31.5 Å². The van der Waals surface area contributed by atoms with E-state index in [9.17, 15) is 22.8 Å². The number of carbonyl (C=O) groups is 1. The summed E-state index contributed by atoms with van der Waals surface area (Å²) in [6.07, 6.45) is -4.53. The molecule has 7 nitrogen and oxygen atoms in total. The zero-order chi connectivity index (χ0) is 22.9. The lowest BCUT2D eigenvalue weighted by atomic mass is 10.2. The second kappa shape index (κ2) is 8.79. The van der Waals surface area contributed by atoms with E-state index in [2.05, 4.69) is 15.3 Å². The topological polar surface area (TPSA) is 81.3 Å².